The van der Waals surface area contributed by atoms with Gasteiger partial charge in [0, 0.05) is 51.9 Å². The van der Waals surface area contributed by atoms with Crippen LogP contribution in [0, 0.1) is 6.92 Å². The van der Waals surface area contributed by atoms with Gasteiger partial charge in [-0.25, -0.2) is 4.98 Å². The summed E-state index contributed by atoms with van der Waals surface area (Å²) >= 11 is 0. The fourth-order valence-electron chi connectivity index (χ4n) is 3.25. The van der Waals surface area contributed by atoms with Crippen molar-refractivity contribution in [2.45, 2.75) is 52.9 Å². The minimum absolute atomic E-state index is 0.0411. The van der Waals surface area contributed by atoms with Crippen LogP contribution in [0.2, 0.25) is 0 Å². The van der Waals surface area contributed by atoms with Crippen molar-refractivity contribution in [3.63, 3.8) is 0 Å². The van der Waals surface area contributed by atoms with Crippen molar-refractivity contribution < 1.29 is 9.32 Å². The van der Waals surface area contributed by atoms with E-state index in [0.29, 0.717) is 18.3 Å². The van der Waals surface area contributed by atoms with E-state index >= 15 is 0 Å². The first-order chi connectivity index (χ1) is 11.6. The van der Waals surface area contributed by atoms with Crippen LogP contribution >= 0.6 is 0 Å². The second-order valence-corrected chi connectivity index (χ2v) is 6.18. The molecule has 1 aliphatic rings. The number of carbonyl (C=O) groups excluding carboxylic acids is 1. The van der Waals surface area contributed by atoms with E-state index < -0.39 is 0 Å². The Kier molecular flexibility index (Phi) is 4.94. The standard InChI is InChI=1S/C16H24N6O2/c1-4-21-8-6-17-16(21)11-20-7-5-14(9-20)22(13(3)23)10-15-18-12(2)24-19-15/h6,8,14H,4-5,7,9-11H2,1-3H3/t14-/m1/s1. The van der Waals surface area contributed by atoms with Crippen LogP contribution in [0.15, 0.2) is 16.9 Å². The van der Waals surface area contributed by atoms with Crippen LogP contribution < -0.4 is 0 Å². The number of nitrogens with zero attached hydrogens (tertiary/aromatic N) is 6. The zero-order valence-electron chi connectivity index (χ0n) is 14.5. The highest BCUT2D eigenvalue weighted by Crippen LogP contribution is 2.19. The lowest BCUT2D eigenvalue weighted by molar-refractivity contribution is -0.131. The molecule has 1 aliphatic heterocycles. The number of likely N-dealkylation sites (tertiary alicyclic amines) is 1. The highest BCUT2D eigenvalue weighted by atomic mass is 16.5. The van der Waals surface area contributed by atoms with Crippen molar-refractivity contribution in [2.75, 3.05) is 13.1 Å². The summed E-state index contributed by atoms with van der Waals surface area (Å²) in [6, 6.07) is 0.173. The summed E-state index contributed by atoms with van der Waals surface area (Å²) in [5.74, 6) is 2.19. The Morgan fingerprint density at radius 2 is 2.33 bits per heavy atom. The van der Waals surface area contributed by atoms with Gasteiger partial charge >= 0.3 is 0 Å². The molecule has 0 spiro atoms. The summed E-state index contributed by atoms with van der Waals surface area (Å²) in [4.78, 5) is 24.9. The molecule has 24 heavy (non-hydrogen) atoms. The number of amides is 1. The summed E-state index contributed by atoms with van der Waals surface area (Å²) in [5, 5.41) is 3.90. The molecule has 3 heterocycles. The molecule has 1 fully saturated rings. The number of hydrogen-bond donors (Lipinski definition) is 0. The number of hydrogen-bond acceptors (Lipinski definition) is 6. The molecule has 2 aromatic heterocycles. The van der Waals surface area contributed by atoms with E-state index in [-0.39, 0.29) is 11.9 Å². The predicted octanol–water partition coefficient (Wildman–Crippen LogP) is 1.22. The third-order valence-corrected chi connectivity index (χ3v) is 4.48. The SMILES string of the molecule is CCn1ccnc1CN1CC[C@@H](N(Cc2noc(C)n2)C(C)=O)C1. The first-order valence-electron chi connectivity index (χ1n) is 8.35. The molecule has 0 N–H and O–H groups in total. The van der Waals surface area contributed by atoms with Crippen LogP contribution in [0.25, 0.3) is 0 Å². The molecule has 8 heteroatoms. The molecule has 1 amide bonds. The second-order valence-electron chi connectivity index (χ2n) is 6.18. The molecule has 1 saturated heterocycles. The van der Waals surface area contributed by atoms with Crippen LogP contribution in [0.5, 0.6) is 0 Å². The maximum atomic E-state index is 12.1. The molecule has 130 valence electrons. The van der Waals surface area contributed by atoms with Crippen molar-refractivity contribution in [1.82, 2.24) is 29.5 Å². The van der Waals surface area contributed by atoms with Gasteiger partial charge in [-0.3, -0.25) is 9.69 Å². The lowest BCUT2D eigenvalue weighted by atomic mass is 10.2. The molecule has 0 aliphatic carbocycles. The van der Waals surface area contributed by atoms with E-state index in [2.05, 4.69) is 31.5 Å². The molecule has 0 saturated carbocycles. The smallest absolute Gasteiger partial charge is 0.223 e. The number of aromatic nitrogens is 4. The van der Waals surface area contributed by atoms with Gasteiger partial charge in [-0.2, -0.15) is 4.98 Å². The second kappa shape index (κ2) is 7.12. The first kappa shape index (κ1) is 16.6. The van der Waals surface area contributed by atoms with Crippen molar-refractivity contribution in [2.24, 2.45) is 0 Å². The van der Waals surface area contributed by atoms with Crippen LogP contribution in [-0.2, 0) is 24.4 Å². The van der Waals surface area contributed by atoms with Gasteiger partial charge in [0.1, 0.15) is 5.82 Å². The lowest BCUT2D eigenvalue weighted by Crippen LogP contribution is -2.40. The molecule has 8 nitrogen and oxygen atoms in total. The Balaban J connectivity index is 1.62. The van der Waals surface area contributed by atoms with E-state index in [9.17, 15) is 4.79 Å². The zero-order valence-corrected chi connectivity index (χ0v) is 14.5. The van der Waals surface area contributed by atoms with Crippen LogP contribution in [-0.4, -0.2) is 54.5 Å². The molecule has 3 rings (SSSR count). The largest absolute Gasteiger partial charge is 0.340 e. The highest BCUT2D eigenvalue weighted by molar-refractivity contribution is 5.73. The molecule has 0 aromatic carbocycles. The molecule has 2 aromatic rings. The quantitative estimate of drug-likeness (QED) is 0.791. The minimum atomic E-state index is 0.0411. The Morgan fingerprint density at radius 1 is 1.50 bits per heavy atom. The zero-order chi connectivity index (χ0) is 17.1. The normalized spacial score (nSPS) is 18.2. The van der Waals surface area contributed by atoms with E-state index in [1.54, 1.807) is 13.8 Å². The maximum Gasteiger partial charge on any atom is 0.223 e. The van der Waals surface area contributed by atoms with Crippen molar-refractivity contribution in [1.29, 1.82) is 0 Å². The van der Waals surface area contributed by atoms with Crippen molar-refractivity contribution >= 4 is 5.91 Å². The van der Waals surface area contributed by atoms with E-state index in [1.165, 1.54) is 0 Å². The number of aryl methyl sites for hydroxylation is 2. The van der Waals surface area contributed by atoms with Crippen LogP contribution in [0.3, 0.4) is 0 Å². The van der Waals surface area contributed by atoms with Crippen LogP contribution in [0.4, 0.5) is 0 Å². The van der Waals surface area contributed by atoms with Gasteiger partial charge in [0.05, 0.1) is 13.1 Å². The Morgan fingerprint density at radius 3 is 3.00 bits per heavy atom. The average Bonchev–Trinajstić information content (AvgIpc) is 3.26. The summed E-state index contributed by atoms with van der Waals surface area (Å²) in [6.07, 6.45) is 4.79. The topological polar surface area (TPSA) is 80.3 Å². The van der Waals surface area contributed by atoms with E-state index in [4.69, 9.17) is 4.52 Å². The fourth-order valence-corrected chi connectivity index (χ4v) is 3.25. The molecular weight excluding hydrogens is 308 g/mol. The van der Waals surface area contributed by atoms with E-state index in [0.717, 1.165) is 38.4 Å². The predicted molar refractivity (Wildman–Crippen MR) is 86.8 cm³/mol. The fraction of sp³-hybridized carbons (Fsp3) is 0.625. The Labute approximate surface area is 141 Å². The molecular formula is C16H24N6O2. The number of imidazole rings is 1. The van der Waals surface area contributed by atoms with Gasteiger partial charge in [-0.15, -0.1) is 0 Å². The third-order valence-electron chi connectivity index (χ3n) is 4.48. The average molecular weight is 332 g/mol. The van der Waals surface area contributed by atoms with E-state index in [1.807, 2.05) is 17.3 Å². The van der Waals surface area contributed by atoms with Gasteiger partial charge in [0.25, 0.3) is 0 Å². The molecule has 0 radical (unpaired) electrons. The minimum Gasteiger partial charge on any atom is -0.340 e. The van der Waals surface area contributed by atoms with Gasteiger partial charge in [-0.05, 0) is 13.3 Å². The maximum absolute atomic E-state index is 12.1. The Hall–Kier alpha value is -2.22. The van der Waals surface area contributed by atoms with Crippen LogP contribution in [0.1, 0.15) is 37.8 Å². The molecule has 0 bridgehead atoms. The Bertz CT molecular complexity index is 694. The van der Waals surface area contributed by atoms with Gasteiger partial charge in [-0.1, -0.05) is 5.16 Å². The lowest BCUT2D eigenvalue weighted by Gasteiger charge is -2.27. The summed E-state index contributed by atoms with van der Waals surface area (Å²) < 4.78 is 7.15. The summed E-state index contributed by atoms with van der Waals surface area (Å²) in [5.41, 5.74) is 0. The molecule has 0 unspecified atom stereocenters. The number of rotatable bonds is 6. The molecule has 1 atom stereocenters. The first-order valence-corrected chi connectivity index (χ1v) is 8.35. The van der Waals surface area contributed by atoms with Gasteiger partial charge in [0.2, 0.25) is 11.8 Å². The van der Waals surface area contributed by atoms with Gasteiger partial charge < -0.3 is 14.0 Å². The summed E-state index contributed by atoms with van der Waals surface area (Å²) in [6.45, 7) is 9.38. The van der Waals surface area contributed by atoms with Crippen molar-refractivity contribution in [3.8, 4) is 0 Å². The third kappa shape index (κ3) is 3.64. The van der Waals surface area contributed by atoms with Gasteiger partial charge in [0.15, 0.2) is 5.82 Å². The highest BCUT2D eigenvalue weighted by Gasteiger charge is 2.30. The monoisotopic (exact) mass is 332 g/mol. The van der Waals surface area contributed by atoms with Crippen molar-refractivity contribution in [3.05, 3.63) is 29.9 Å². The number of carbonyl (C=O) groups is 1. The summed E-state index contributed by atoms with van der Waals surface area (Å²) in [7, 11) is 0.